The minimum atomic E-state index is -0.776. The second-order valence-electron chi connectivity index (χ2n) is 3.25. The molecule has 0 aliphatic rings. The zero-order valence-electron chi connectivity index (χ0n) is 7.79. The largest absolute Gasteiger partial charge is 0.389 e. The van der Waals surface area contributed by atoms with Gasteiger partial charge in [0.15, 0.2) is 0 Å². The van der Waals surface area contributed by atoms with Crippen LogP contribution in [0.4, 0.5) is 4.39 Å². The Bertz CT molecular complexity index is 297. The van der Waals surface area contributed by atoms with Crippen LogP contribution in [0, 0.1) is 5.82 Å². The second-order valence-corrected chi connectivity index (χ2v) is 3.25. The van der Waals surface area contributed by atoms with Gasteiger partial charge in [-0.05, 0) is 25.5 Å². The number of rotatable bonds is 2. The highest BCUT2D eigenvalue weighted by atomic mass is 19.1. The minimum absolute atomic E-state index is 0.183. The maximum absolute atomic E-state index is 13.2. The molecule has 1 rings (SSSR count). The highest BCUT2D eigenvalue weighted by molar-refractivity contribution is 5.27. The molecule has 0 bridgehead atoms. The summed E-state index contributed by atoms with van der Waals surface area (Å²) in [7, 11) is 0. The van der Waals surface area contributed by atoms with Crippen molar-refractivity contribution in [3.8, 4) is 0 Å². The summed E-state index contributed by atoms with van der Waals surface area (Å²) in [5, 5.41) is 9.16. The van der Waals surface area contributed by atoms with Crippen LogP contribution in [-0.4, -0.2) is 5.11 Å². The average Bonchev–Trinajstić information content (AvgIpc) is 2.03. The molecule has 0 aliphatic carbocycles. The van der Waals surface area contributed by atoms with Gasteiger partial charge in [0, 0.05) is 11.6 Å². The third-order valence-electron chi connectivity index (χ3n) is 2.00. The van der Waals surface area contributed by atoms with E-state index in [1.54, 1.807) is 19.1 Å². The second kappa shape index (κ2) is 3.85. The predicted octanol–water partition coefficient (Wildman–Crippen LogP) is 1.90. The van der Waals surface area contributed by atoms with Crippen molar-refractivity contribution in [2.45, 2.75) is 26.0 Å². The van der Waals surface area contributed by atoms with E-state index < -0.39 is 11.9 Å². The monoisotopic (exact) mass is 183 g/mol. The zero-order valence-corrected chi connectivity index (χ0v) is 7.79. The van der Waals surface area contributed by atoms with Crippen molar-refractivity contribution in [3.05, 3.63) is 35.1 Å². The van der Waals surface area contributed by atoms with Gasteiger partial charge in [-0.15, -0.1) is 0 Å². The van der Waals surface area contributed by atoms with E-state index in [1.807, 2.05) is 0 Å². The van der Waals surface area contributed by atoms with E-state index in [0.29, 0.717) is 5.56 Å². The van der Waals surface area contributed by atoms with E-state index in [-0.39, 0.29) is 6.04 Å². The summed E-state index contributed by atoms with van der Waals surface area (Å²) in [5.41, 5.74) is 6.63. The molecule has 3 N–H and O–H groups in total. The number of hydrogen-bond acceptors (Lipinski definition) is 2. The summed E-state index contributed by atoms with van der Waals surface area (Å²) in [5.74, 6) is -0.398. The van der Waals surface area contributed by atoms with E-state index >= 15 is 0 Å². The predicted molar refractivity (Wildman–Crippen MR) is 49.6 cm³/mol. The van der Waals surface area contributed by atoms with E-state index in [2.05, 4.69) is 0 Å². The van der Waals surface area contributed by atoms with Crippen LogP contribution in [0.3, 0.4) is 0 Å². The molecule has 0 radical (unpaired) electrons. The Hall–Kier alpha value is -0.930. The number of aliphatic hydroxyl groups excluding tert-OH is 1. The molecular formula is C10H14FNO. The highest BCUT2D eigenvalue weighted by Crippen LogP contribution is 2.20. The molecule has 0 spiro atoms. The SMILES string of the molecule is CC(O)c1ccc([C@@H](C)N)cc1F. The van der Waals surface area contributed by atoms with E-state index in [4.69, 9.17) is 10.8 Å². The number of halogens is 1. The maximum Gasteiger partial charge on any atom is 0.129 e. The first-order chi connectivity index (χ1) is 6.02. The molecule has 3 heteroatoms. The third-order valence-corrected chi connectivity index (χ3v) is 2.00. The van der Waals surface area contributed by atoms with Crippen molar-refractivity contribution < 1.29 is 9.50 Å². The van der Waals surface area contributed by atoms with Gasteiger partial charge in [0.25, 0.3) is 0 Å². The Morgan fingerprint density at radius 3 is 2.38 bits per heavy atom. The highest BCUT2D eigenvalue weighted by Gasteiger charge is 2.09. The molecule has 0 amide bonds. The minimum Gasteiger partial charge on any atom is -0.389 e. The first-order valence-corrected chi connectivity index (χ1v) is 4.25. The first-order valence-electron chi connectivity index (χ1n) is 4.25. The summed E-state index contributed by atoms with van der Waals surface area (Å²) in [6, 6.07) is 4.49. The Morgan fingerprint density at radius 1 is 1.38 bits per heavy atom. The number of hydrogen-bond donors (Lipinski definition) is 2. The maximum atomic E-state index is 13.2. The van der Waals surface area contributed by atoms with Crippen molar-refractivity contribution in [1.29, 1.82) is 0 Å². The molecule has 0 aromatic heterocycles. The van der Waals surface area contributed by atoms with Gasteiger partial charge in [-0.2, -0.15) is 0 Å². The third kappa shape index (κ3) is 2.26. The molecular weight excluding hydrogens is 169 g/mol. The molecule has 0 fully saturated rings. The van der Waals surface area contributed by atoms with Crippen molar-refractivity contribution >= 4 is 0 Å². The zero-order chi connectivity index (χ0) is 10.0. The molecule has 2 atom stereocenters. The summed E-state index contributed by atoms with van der Waals surface area (Å²) in [6.45, 7) is 3.32. The molecule has 0 saturated carbocycles. The van der Waals surface area contributed by atoms with Gasteiger partial charge in [0.05, 0.1) is 6.10 Å². The van der Waals surface area contributed by atoms with Crippen LogP contribution in [-0.2, 0) is 0 Å². The van der Waals surface area contributed by atoms with Crippen LogP contribution in [0.25, 0.3) is 0 Å². The lowest BCUT2D eigenvalue weighted by atomic mass is 10.0. The fraction of sp³-hybridized carbons (Fsp3) is 0.400. The van der Waals surface area contributed by atoms with Gasteiger partial charge in [0.1, 0.15) is 5.82 Å². The Morgan fingerprint density at radius 2 is 2.00 bits per heavy atom. The van der Waals surface area contributed by atoms with Crippen molar-refractivity contribution in [2.75, 3.05) is 0 Å². The average molecular weight is 183 g/mol. The lowest BCUT2D eigenvalue weighted by Gasteiger charge is -2.10. The van der Waals surface area contributed by atoms with E-state index in [9.17, 15) is 4.39 Å². The molecule has 1 aromatic carbocycles. The molecule has 0 heterocycles. The molecule has 0 aliphatic heterocycles. The Balaban J connectivity index is 3.06. The van der Waals surface area contributed by atoms with Gasteiger partial charge < -0.3 is 10.8 Å². The Kier molecular flexibility index (Phi) is 3.01. The van der Waals surface area contributed by atoms with Crippen LogP contribution >= 0.6 is 0 Å². The first kappa shape index (κ1) is 10.2. The number of nitrogens with two attached hydrogens (primary N) is 1. The fourth-order valence-electron chi connectivity index (χ4n) is 1.17. The van der Waals surface area contributed by atoms with E-state index in [1.165, 1.54) is 13.0 Å². The molecule has 1 aromatic rings. The van der Waals surface area contributed by atoms with Crippen LogP contribution in [0.15, 0.2) is 18.2 Å². The summed E-state index contributed by atoms with van der Waals surface area (Å²) in [4.78, 5) is 0. The van der Waals surface area contributed by atoms with Gasteiger partial charge in [-0.25, -0.2) is 4.39 Å². The van der Waals surface area contributed by atoms with Gasteiger partial charge in [-0.3, -0.25) is 0 Å². The van der Waals surface area contributed by atoms with Crippen molar-refractivity contribution in [2.24, 2.45) is 5.73 Å². The van der Waals surface area contributed by atoms with Crippen LogP contribution < -0.4 is 5.73 Å². The topological polar surface area (TPSA) is 46.2 Å². The number of aliphatic hydroxyl groups is 1. The standard InChI is InChI=1S/C10H14FNO/c1-6(12)8-3-4-9(7(2)13)10(11)5-8/h3-7,13H,12H2,1-2H3/t6-,7?/m1/s1. The quantitative estimate of drug-likeness (QED) is 0.735. The van der Waals surface area contributed by atoms with Crippen LogP contribution in [0.1, 0.15) is 37.1 Å². The normalized spacial score (nSPS) is 15.5. The van der Waals surface area contributed by atoms with Gasteiger partial charge in [-0.1, -0.05) is 12.1 Å². The molecule has 0 saturated heterocycles. The molecule has 13 heavy (non-hydrogen) atoms. The Labute approximate surface area is 77.2 Å². The van der Waals surface area contributed by atoms with Gasteiger partial charge in [0.2, 0.25) is 0 Å². The van der Waals surface area contributed by atoms with E-state index in [0.717, 1.165) is 5.56 Å². The molecule has 72 valence electrons. The molecule has 1 unspecified atom stereocenters. The smallest absolute Gasteiger partial charge is 0.129 e. The van der Waals surface area contributed by atoms with Crippen LogP contribution in [0.5, 0.6) is 0 Å². The molecule has 2 nitrogen and oxygen atoms in total. The summed E-state index contributed by atoms with van der Waals surface area (Å²) < 4.78 is 13.2. The lowest BCUT2D eigenvalue weighted by Crippen LogP contribution is -2.06. The fourth-order valence-corrected chi connectivity index (χ4v) is 1.17. The van der Waals surface area contributed by atoms with Crippen molar-refractivity contribution in [3.63, 3.8) is 0 Å². The lowest BCUT2D eigenvalue weighted by molar-refractivity contribution is 0.194. The summed E-state index contributed by atoms with van der Waals surface area (Å²) in [6.07, 6.45) is -0.776. The summed E-state index contributed by atoms with van der Waals surface area (Å²) >= 11 is 0. The van der Waals surface area contributed by atoms with Crippen molar-refractivity contribution in [1.82, 2.24) is 0 Å². The van der Waals surface area contributed by atoms with Crippen LogP contribution in [0.2, 0.25) is 0 Å². The van der Waals surface area contributed by atoms with Gasteiger partial charge >= 0.3 is 0 Å². The number of benzene rings is 1.